The number of halogens is 2. The summed E-state index contributed by atoms with van der Waals surface area (Å²) in [6.07, 6.45) is 1.87. The maximum atomic E-state index is 13.3. The van der Waals surface area contributed by atoms with Gasteiger partial charge in [0.1, 0.15) is 11.6 Å². The lowest BCUT2D eigenvalue weighted by Gasteiger charge is -2.38. The highest BCUT2D eigenvalue weighted by molar-refractivity contribution is 5.85. The van der Waals surface area contributed by atoms with Gasteiger partial charge in [0.15, 0.2) is 0 Å². The molecule has 0 saturated carbocycles. The summed E-state index contributed by atoms with van der Waals surface area (Å²) < 4.78 is 18.6. The molecule has 1 aromatic carbocycles. The summed E-state index contributed by atoms with van der Waals surface area (Å²) in [6.45, 7) is 4.79. The van der Waals surface area contributed by atoms with Crippen molar-refractivity contribution >= 4 is 24.0 Å². The van der Waals surface area contributed by atoms with E-state index in [-0.39, 0.29) is 30.0 Å². The van der Waals surface area contributed by atoms with Gasteiger partial charge < -0.3 is 19.9 Å². The monoisotopic (exact) mass is 357 g/mol. The summed E-state index contributed by atoms with van der Waals surface area (Å²) in [5.74, 6) is 0.703. The highest BCUT2D eigenvalue weighted by Gasteiger charge is 2.29. The zero-order valence-corrected chi connectivity index (χ0v) is 14.8. The lowest BCUT2D eigenvalue weighted by molar-refractivity contribution is -0.136. The van der Waals surface area contributed by atoms with E-state index in [1.165, 1.54) is 12.1 Å². The number of carbonyl (C=O) groups is 1. The van der Waals surface area contributed by atoms with Crippen molar-refractivity contribution in [1.29, 1.82) is 0 Å². The summed E-state index contributed by atoms with van der Waals surface area (Å²) in [5.41, 5.74) is 0.892. The van der Waals surface area contributed by atoms with E-state index in [0.29, 0.717) is 18.8 Å². The summed E-state index contributed by atoms with van der Waals surface area (Å²) in [7, 11) is 1.55. The molecule has 0 radical (unpaired) electrons. The maximum Gasteiger partial charge on any atom is 0.225 e. The second-order valence-electron chi connectivity index (χ2n) is 6.15. The summed E-state index contributed by atoms with van der Waals surface area (Å²) in [5, 5.41) is 3.29. The van der Waals surface area contributed by atoms with Crippen LogP contribution in [-0.4, -0.2) is 57.2 Å². The molecular weight excluding hydrogens is 333 g/mol. The molecule has 1 amide bonds. The van der Waals surface area contributed by atoms with Gasteiger partial charge in [0.25, 0.3) is 0 Å². The second-order valence-corrected chi connectivity index (χ2v) is 6.15. The third kappa shape index (κ3) is 4.11. The molecule has 24 heavy (non-hydrogen) atoms. The van der Waals surface area contributed by atoms with Gasteiger partial charge in [0.05, 0.1) is 12.8 Å². The number of hydrogen-bond donors (Lipinski definition) is 1. The van der Waals surface area contributed by atoms with E-state index < -0.39 is 0 Å². The van der Waals surface area contributed by atoms with E-state index in [9.17, 15) is 9.18 Å². The van der Waals surface area contributed by atoms with Crippen molar-refractivity contribution < 1.29 is 13.9 Å². The normalized spacial score (nSPS) is 18.9. The second kappa shape index (κ2) is 8.53. The lowest BCUT2D eigenvalue weighted by atomic mass is 9.96. The Hall–Kier alpha value is -1.53. The number of amides is 1. The summed E-state index contributed by atoms with van der Waals surface area (Å²) in [4.78, 5) is 16.7. The zero-order chi connectivity index (χ0) is 16.2. The molecule has 7 heteroatoms. The Labute approximate surface area is 148 Å². The van der Waals surface area contributed by atoms with Crippen molar-refractivity contribution in [3.8, 4) is 5.75 Å². The number of rotatable bonds is 3. The fourth-order valence-corrected chi connectivity index (χ4v) is 3.41. The molecule has 0 spiro atoms. The van der Waals surface area contributed by atoms with Crippen LogP contribution in [-0.2, 0) is 4.79 Å². The van der Waals surface area contributed by atoms with Gasteiger partial charge in [-0.15, -0.1) is 12.4 Å². The zero-order valence-electron chi connectivity index (χ0n) is 14.0. The molecule has 2 fully saturated rings. The molecule has 0 bridgehead atoms. The summed E-state index contributed by atoms with van der Waals surface area (Å²) >= 11 is 0. The fourth-order valence-electron chi connectivity index (χ4n) is 3.41. The van der Waals surface area contributed by atoms with Crippen molar-refractivity contribution in [2.75, 3.05) is 51.3 Å². The molecule has 1 N–H and O–H groups in total. The molecule has 2 heterocycles. The molecule has 2 aliphatic heterocycles. The minimum absolute atomic E-state index is 0. The first kappa shape index (κ1) is 18.8. The van der Waals surface area contributed by atoms with Crippen LogP contribution in [0, 0.1) is 11.7 Å². The molecule has 134 valence electrons. The number of hydrogen-bond acceptors (Lipinski definition) is 4. The van der Waals surface area contributed by atoms with Crippen LogP contribution in [0.3, 0.4) is 0 Å². The number of piperazine rings is 1. The van der Waals surface area contributed by atoms with Gasteiger partial charge >= 0.3 is 0 Å². The van der Waals surface area contributed by atoms with Gasteiger partial charge in [-0.1, -0.05) is 0 Å². The Bertz CT molecular complexity index is 559. The number of benzene rings is 1. The number of ether oxygens (including phenoxy) is 1. The molecule has 3 rings (SSSR count). The van der Waals surface area contributed by atoms with Crippen LogP contribution in [0.2, 0.25) is 0 Å². The first-order valence-electron chi connectivity index (χ1n) is 8.27. The van der Waals surface area contributed by atoms with Crippen LogP contribution in [0.1, 0.15) is 12.8 Å². The largest absolute Gasteiger partial charge is 0.494 e. The van der Waals surface area contributed by atoms with Crippen LogP contribution in [0.15, 0.2) is 18.2 Å². The predicted octanol–water partition coefficient (Wildman–Crippen LogP) is 1.90. The topological polar surface area (TPSA) is 44.8 Å². The highest BCUT2D eigenvalue weighted by Crippen LogP contribution is 2.30. The van der Waals surface area contributed by atoms with Crippen molar-refractivity contribution in [3.63, 3.8) is 0 Å². The van der Waals surface area contributed by atoms with Gasteiger partial charge in [-0.3, -0.25) is 4.79 Å². The molecule has 1 aromatic rings. The predicted molar refractivity (Wildman–Crippen MR) is 94.6 cm³/mol. The number of carbonyl (C=O) groups excluding carboxylic acids is 1. The number of piperidine rings is 1. The molecule has 2 aliphatic rings. The molecule has 5 nitrogen and oxygen atoms in total. The van der Waals surface area contributed by atoms with Crippen molar-refractivity contribution in [3.05, 3.63) is 24.0 Å². The van der Waals surface area contributed by atoms with Crippen molar-refractivity contribution in [1.82, 2.24) is 10.2 Å². The Balaban J connectivity index is 0.00000208. The highest BCUT2D eigenvalue weighted by atomic mass is 35.5. The van der Waals surface area contributed by atoms with Crippen molar-refractivity contribution in [2.24, 2.45) is 5.92 Å². The van der Waals surface area contributed by atoms with Gasteiger partial charge in [0, 0.05) is 38.2 Å². The third-order valence-corrected chi connectivity index (χ3v) is 4.76. The molecule has 0 unspecified atom stereocenters. The first-order valence-corrected chi connectivity index (χ1v) is 8.27. The Morgan fingerprint density at radius 3 is 2.50 bits per heavy atom. The van der Waals surface area contributed by atoms with Crippen LogP contribution in [0.25, 0.3) is 0 Å². The number of methoxy groups -OCH3 is 1. The van der Waals surface area contributed by atoms with Crippen LogP contribution in [0.5, 0.6) is 5.75 Å². The SMILES string of the molecule is COc1cc(F)ccc1N1CCN(C(=O)C2CCNCC2)CC1.Cl. The summed E-state index contributed by atoms with van der Waals surface area (Å²) in [6, 6.07) is 4.60. The van der Waals surface area contributed by atoms with Gasteiger partial charge in [0.2, 0.25) is 5.91 Å². The molecule has 0 aliphatic carbocycles. The maximum absolute atomic E-state index is 13.3. The lowest BCUT2D eigenvalue weighted by Crippen LogP contribution is -2.51. The first-order chi connectivity index (χ1) is 11.2. The van der Waals surface area contributed by atoms with Gasteiger partial charge in [-0.2, -0.15) is 0 Å². The van der Waals surface area contributed by atoms with E-state index in [1.54, 1.807) is 13.2 Å². The Morgan fingerprint density at radius 2 is 1.88 bits per heavy atom. The standard InChI is InChI=1S/C17H24FN3O2.ClH/c1-23-16-12-14(18)2-3-15(16)20-8-10-21(11-9-20)17(22)13-4-6-19-7-5-13;/h2-3,12-13,19H,4-11H2,1H3;1H. The van der Waals surface area contributed by atoms with E-state index in [2.05, 4.69) is 10.2 Å². The fraction of sp³-hybridized carbons (Fsp3) is 0.588. The molecule has 0 aromatic heterocycles. The molecule has 0 atom stereocenters. The van der Waals surface area contributed by atoms with Gasteiger partial charge in [-0.25, -0.2) is 4.39 Å². The van der Waals surface area contributed by atoms with E-state index in [0.717, 1.165) is 44.7 Å². The number of nitrogens with zero attached hydrogens (tertiary/aromatic N) is 2. The minimum Gasteiger partial charge on any atom is -0.494 e. The molecule has 2 saturated heterocycles. The minimum atomic E-state index is -0.301. The number of nitrogens with one attached hydrogen (secondary N) is 1. The number of anilines is 1. The average Bonchev–Trinajstić information content (AvgIpc) is 2.62. The Morgan fingerprint density at radius 1 is 1.21 bits per heavy atom. The van der Waals surface area contributed by atoms with Crippen LogP contribution < -0.4 is 15.0 Å². The molecular formula is C17H25ClFN3O2. The smallest absolute Gasteiger partial charge is 0.225 e. The van der Waals surface area contributed by atoms with E-state index in [4.69, 9.17) is 4.74 Å². The van der Waals surface area contributed by atoms with Gasteiger partial charge in [-0.05, 0) is 38.1 Å². The van der Waals surface area contributed by atoms with E-state index in [1.807, 2.05) is 4.90 Å². The quantitative estimate of drug-likeness (QED) is 0.897. The van der Waals surface area contributed by atoms with Crippen LogP contribution in [0.4, 0.5) is 10.1 Å². The van der Waals surface area contributed by atoms with Crippen LogP contribution >= 0.6 is 12.4 Å². The average molecular weight is 358 g/mol. The third-order valence-electron chi connectivity index (χ3n) is 4.76. The van der Waals surface area contributed by atoms with Crippen molar-refractivity contribution in [2.45, 2.75) is 12.8 Å². The van der Waals surface area contributed by atoms with E-state index >= 15 is 0 Å². The Kier molecular flexibility index (Phi) is 6.69.